The Morgan fingerprint density at radius 3 is 1.83 bits per heavy atom. The minimum Gasteiger partial charge on any atom is -0.507 e. The van der Waals surface area contributed by atoms with Crippen molar-refractivity contribution in [2.75, 3.05) is 6.61 Å². The van der Waals surface area contributed by atoms with Gasteiger partial charge in [0, 0.05) is 12.2 Å². The van der Waals surface area contributed by atoms with E-state index < -0.39 is 20.3 Å². The fourth-order valence-corrected chi connectivity index (χ4v) is 7.14. The van der Waals surface area contributed by atoms with E-state index in [4.69, 9.17) is 9.16 Å². The lowest BCUT2D eigenvalue weighted by Gasteiger charge is -2.31. The molecule has 0 unspecified atom stereocenters. The lowest BCUT2D eigenvalue weighted by Crippen LogP contribution is -2.61. The topological polar surface area (TPSA) is 52.6 Å². The maximum absolute atomic E-state index is 12.7. The smallest absolute Gasteiger partial charge is 0.331 e. The van der Waals surface area contributed by atoms with Crippen LogP contribution in [-0.2, 0) is 18.8 Å². The van der Waals surface area contributed by atoms with Crippen LogP contribution in [0.5, 0.6) is 0 Å². The molecule has 0 atom stereocenters. The van der Waals surface area contributed by atoms with E-state index in [0.29, 0.717) is 6.61 Å². The molecule has 0 fully saturated rings. The van der Waals surface area contributed by atoms with Crippen molar-refractivity contribution in [2.24, 2.45) is 0 Å². The van der Waals surface area contributed by atoms with Gasteiger partial charge in [-0.25, -0.2) is 9.59 Å². The van der Waals surface area contributed by atoms with Crippen LogP contribution < -0.4 is 10.4 Å². The third-order valence-electron chi connectivity index (χ3n) is 4.74. The van der Waals surface area contributed by atoms with Crippen molar-refractivity contribution in [2.45, 2.75) is 45.6 Å². The summed E-state index contributed by atoms with van der Waals surface area (Å²) < 4.78 is 11.3. The minimum absolute atomic E-state index is 0.359. The van der Waals surface area contributed by atoms with Crippen LogP contribution in [0.25, 0.3) is 0 Å². The van der Waals surface area contributed by atoms with Crippen molar-refractivity contribution in [3.63, 3.8) is 0 Å². The minimum atomic E-state index is -2.79. The highest BCUT2D eigenvalue weighted by Gasteiger charge is 2.42. The first-order chi connectivity index (χ1) is 14.1. The van der Waals surface area contributed by atoms with Crippen LogP contribution in [0.2, 0.25) is 6.04 Å². The predicted octanol–water partition coefficient (Wildman–Crippen LogP) is 3.99. The molecule has 0 bridgehead atoms. The van der Waals surface area contributed by atoms with Gasteiger partial charge in [0.1, 0.15) is 0 Å². The van der Waals surface area contributed by atoms with Gasteiger partial charge in [-0.2, -0.15) is 0 Å². The molecule has 2 aromatic rings. The molecule has 0 heterocycles. The Balaban J connectivity index is 2.30. The van der Waals surface area contributed by atoms with Crippen LogP contribution in [0.1, 0.15) is 39.5 Å². The zero-order valence-corrected chi connectivity index (χ0v) is 18.3. The van der Waals surface area contributed by atoms with Crippen LogP contribution in [0.3, 0.4) is 0 Å². The summed E-state index contributed by atoms with van der Waals surface area (Å²) in [5.41, 5.74) is 0. The molecule has 154 valence electrons. The quantitative estimate of drug-likeness (QED) is 0.243. The van der Waals surface area contributed by atoms with Crippen LogP contribution in [-0.4, -0.2) is 26.9 Å². The zero-order valence-electron chi connectivity index (χ0n) is 17.3. The number of benzene rings is 2. The van der Waals surface area contributed by atoms with Crippen molar-refractivity contribution < 1.29 is 18.8 Å². The fraction of sp³-hybridized carbons (Fsp3) is 0.333. The number of carbonyl (C=O) groups is 2. The lowest BCUT2D eigenvalue weighted by molar-refractivity contribution is -0.138. The summed E-state index contributed by atoms with van der Waals surface area (Å²) in [5.74, 6) is -1.02. The average molecular weight is 411 g/mol. The van der Waals surface area contributed by atoms with Crippen molar-refractivity contribution >= 4 is 30.6 Å². The second-order valence-electron chi connectivity index (χ2n) is 6.94. The highest BCUT2D eigenvalue weighted by Crippen LogP contribution is 2.18. The molecule has 0 aromatic heterocycles. The SMILES string of the molecule is CCCCOC(=O)/C=C/C(=O)O[Si](CCCC)(c1ccccc1)c1ccccc1. The zero-order chi connectivity index (χ0) is 21.0. The lowest BCUT2D eigenvalue weighted by atomic mass is 10.4. The standard InChI is InChI=1S/C24H30O4Si/c1-3-5-19-27-23(25)17-18-24(26)28-29(20-6-4-2,21-13-9-7-10-14-21)22-15-11-8-12-16-22/h7-18H,3-6,19-20H2,1-2H3/b18-17+. The number of carbonyl (C=O) groups excluding carboxylic acids is 2. The highest BCUT2D eigenvalue weighted by molar-refractivity contribution is 6.98. The Kier molecular flexibility index (Phi) is 9.38. The molecule has 5 heteroatoms. The Bertz CT molecular complexity index is 748. The monoisotopic (exact) mass is 410 g/mol. The molecule has 0 aliphatic rings. The van der Waals surface area contributed by atoms with Crippen molar-refractivity contribution in [1.29, 1.82) is 0 Å². The average Bonchev–Trinajstić information content (AvgIpc) is 2.76. The van der Waals surface area contributed by atoms with Gasteiger partial charge in [-0.15, -0.1) is 0 Å². The number of esters is 1. The van der Waals surface area contributed by atoms with Gasteiger partial charge in [-0.1, -0.05) is 93.8 Å². The molecule has 0 aliphatic carbocycles. The normalized spacial score (nSPS) is 11.4. The summed E-state index contributed by atoms with van der Waals surface area (Å²) in [4.78, 5) is 24.5. The third-order valence-corrected chi connectivity index (χ3v) is 8.87. The molecule has 0 aliphatic heterocycles. The number of hydrogen-bond donors (Lipinski definition) is 0. The first-order valence-corrected chi connectivity index (χ1v) is 12.4. The predicted molar refractivity (Wildman–Crippen MR) is 119 cm³/mol. The van der Waals surface area contributed by atoms with Crippen LogP contribution in [0.4, 0.5) is 0 Å². The molecule has 2 rings (SSSR count). The van der Waals surface area contributed by atoms with Gasteiger partial charge in [0.05, 0.1) is 6.61 Å². The van der Waals surface area contributed by atoms with Crippen LogP contribution in [0.15, 0.2) is 72.8 Å². The molecular weight excluding hydrogens is 380 g/mol. The molecule has 2 aromatic carbocycles. The van der Waals surface area contributed by atoms with Crippen LogP contribution in [0, 0.1) is 0 Å². The Hall–Kier alpha value is -2.66. The summed E-state index contributed by atoms with van der Waals surface area (Å²) in [5, 5.41) is 2.10. The first-order valence-electron chi connectivity index (χ1n) is 10.3. The van der Waals surface area contributed by atoms with E-state index in [1.54, 1.807) is 0 Å². The van der Waals surface area contributed by atoms with E-state index in [2.05, 4.69) is 6.92 Å². The second kappa shape index (κ2) is 12.0. The van der Waals surface area contributed by atoms with Crippen LogP contribution >= 0.6 is 0 Å². The molecule has 0 saturated carbocycles. The molecular formula is C24H30O4Si. The van der Waals surface area contributed by atoms with E-state index in [9.17, 15) is 9.59 Å². The maximum Gasteiger partial charge on any atom is 0.331 e. The van der Waals surface area contributed by atoms with Gasteiger partial charge in [0.2, 0.25) is 0 Å². The Labute approximate surface area is 174 Å². The second-order valence-corrected chi connectivity index (χ2v) is 10.5. The molecule has 4 nitrogen and oxygen atoms in total. The van der Waals surface area contributed by atoms with Gasteiger partial charge >= 0.3 is 20.3 Å². The number of unbranched alkanes of at least 4 members (excludes halogenated alkanes) is 2. The Morgan fingerprint density at radius 1 is 0.793 bits per heavy atom. The Morgan fingerprint density at radius 2 is 1.31 bits per heavy atom. The maximum atomic E-state index is 12.7. The molecule has 0 amide bonds. The van der Waals surface area contributed by atoms with E-state index >= 15 is 0 Å². The van der Waals surface area contributed by atoms with E-state index in [1.807, 2.05) is 67.6 Å². The fourth-order valence-electron chi connectivity index (χ4n) is 3.17. The summed E-state index contributed by atoms with van der Waals surface area (Å²) >= 11 is 0. The summed E-state index contributed by atoms with van der Waals surface area (Å²) in [6.07, 6.45) is 6.05. The van der Waals surface area contributed by atoms with Crippen molar-refractivity contribution in [3.05, 3.63) is 72.8 Å². The van der Waals surface area contributed by atoms with Gasteiger partial charge in [-0.3, -0.25) is 0 Å². The van der Waals surface area contributed by atoms with Gasteiger partial charge in [0.25, 0.3) is 0 Å². The third kappa shape index (κ3) is 6.71. The summed E-state index contributed by atoms with van der Waals surface area (Å²) in [6.45, 7) is 4.51. The molecule has 0 N–H and O–H groups in total. The van der Waals surface area contributed by atoms with Crippen molar-refractivity contribution in [1.82, 2.24) is 0 Å². The highest BCUT2D eigenvalue weighted by atomic mass is 28.4. The van der Waals surface area contributed by atoms with Crippen molar-refractivity contribution in [3.8, 4) is 0 Å². The number of rotatable bonds is 11. The first kappa shape index (κ1) is 22.6. The largest absolute Gasteiger partial charge is 0.507 e. The van der Waals surface area contributed by atoms with E-state index in [-0.39, 0.29) is 0 Å². The number of hydrogen-bond acceptors (Lipinski definition) is 4. The molecule has 29 heavy (non-hydrogen) atoms. The number of ether oxygens (including phenoxy) is 1. The van der Waals surface area contributed by atoms with E-state index in [1.165, 1.54) is 6.08 Å². The molecule has 0 saturated heterocycles. The van der Waals surface area contributed by atoms with Gasteiger partial charge in [0.15, 0.2) is 0 Å². The molecule has 0 spiro atoms. The summed E-state index contributed by atoms with van der Waals surface area (Å²) in [6, 6.07) is 20.7. The van der Waals surface area contributed by atoms with Gasteiger partial charge in [-0.05, 0) is 22.8 Å². The summed E-state index contributed by atoms with van der Waals surface area (Å²) in [7, 11) is -2.79. The van der Waals surface area contributed by atoms with Gasteiger partial charge < -0.3 is 9.16 Å². The molecule has 0 radical (unpaired) electrons. The van der Waals surface area contributed by atoms with E-state index in [0.717, 1.165) is 48.2 Å².